The predicted octanol–water partition coefficient (Wildman–Crippen LogP) is 1.52. The van der Waals surface area contributed by atoms with E-state index in [4.69, 9.17) is 4.74 Å². The second kappa shape index (κ2) is 9.34. The Morgan fingerprint density at radius 3 is 2.73 bits per heavy atom. The lowest BCUT2D eigenvalue weighted by Crippen LogP contribution is -2.49. The summed E-state index contributed by atoms with van der Waals surface area (Å²) in [5.74, 6) is 6.09. The van der Waals surface area contributed by atoms with Gasteiger partial charge in [-0.2, -0.15) is 0 Å². The minimum Gasteiger partial charge on any atom is -0.472 e. The molecule has 0 spiro atoms. The quantitative estimate of drug-likeness (QED) is 0.726. The van der Waals surface area contributed by atoms with Crippen LogP contribution in [0.2, 0.25) is 0 Å². The molecule has 0 bridgehead atoms. The van der Waals surface area contributed by atoms with E-state index in [1.807, 2.05) is 32.8 Å². The first-order valence-corrected chi connectivity index (χ1v) is 10.7. The highest BCUT2D eigenvalue weighted by atomic mass is 16.5. The van der Waals surface area contributed by atoms with E-state index in [-0.39, 0.29) is 30.6 Å². The van der Waals surface area contributed by atoms with Gasteiger partial charge in [0.05, 0.1) is 12.6 Å². The van der Waals surface area contributed by atoms with Gasteiger partial charge in [0.1, 0.15) is 17.3 Å². The van der Waals surface area contributed by atoms with Gasteiger partial charge in [0.2, 0.25) is 5.88 Å². The van der Waals surface area contributed by atoms with Crippen LogP contribution in [0.1, 0.15) is 55.5 Å². The van der Waals surface area contributed by atoms with Crippen LogP contribution in [0, 0.1) is 17.8 Å². The lowest BCUT2D eigenvalue weighted by Gasteiger charge is -2.37. The molecule has 3 rings (SSSR count). The van der Waals surface area contributed by atoms with Crippen molar-refractivity contribution < 1.29 is 19.7 Å². The Balaban J connectivity index is 1.98. The van der Waals surface area contributed by atoms with Crippen molar-refractivity contribution in [2.75, 3.05) is 33.8 Å². The second-order valence-electron chi connectivity index (χ2n) is 8.95. The first-order valence-electron chi connectivity index (χ1n) is 10.7. The van der Waals surface area contributed by atoms with Crippen LogP contribution >= 0.6 is 0 Å². The van der Waals surface area contributed by atoms with Gasteiger partial charge in [0, 0.05) is 30.8 Å². The Kier molecular flexibility index (Phi) is 7.02. The highest BCUT2D eigenvalue weighted by Crippen LogP contribution is 2.29. The highest BCUT2D eigenvalue weighted by molar-refractivity contribution is 5.97. The number of nitrogens with zero attached hydrogens (tertiary/aromatic N) is 3. The number of amides is 1. The Hall–Kier alpha value is -2.14. The summed E-state index contributed by atoms with van der Waals surface area (Å²) in [6.07, 6.45) is 4.73. The fraction of sp³-hybridized carbons (Fsp3) is 0.652. The van der Waals surface area contributed by atoms with Gasteiger partial charge in [0.15, 0.2) is 0 Å². The van der Waals surface area contributed by atoms with Gasteiger partial charge in [-0.15, -0.1) is 0 Å². The molecule has 1 amide bonds. The number of aliphatic hydroxyl groups is 2. The second-order valence-corrected chi connectivity index (χ2v) is 8.95. The molecule has 1 aliphatic heterocycles. The molecule has 7 nitrogen and oxygen atoms in total. The molecule has 2 heterocycles. The molecule has 2 N–H and O–H groups in total. The van der Waals surface area contributed by atoms with Crippen LogP contribution in [0.15, 0.2) is 12.3 Å². The molecule has 164 valence electrons. The molecule has 2 aliphatic rings. The van der Waals surface area contributed by atoms with Gasteiger partial charge in [0.25, 0.3) is 5.91 Å². The average molecular weight is 416 g/mol. The highest BCUT2D eigenvalue weighted by Gasteiger charge is 2.34. The molecule has 0 aromatic carbocycles. The first kappa shape index (κ1) is 22.5. The Labute approximate surface area is 179 Å². The summed E-state index contributed by atoms with van der Waals surface area (Å²) in [7, 11) is 3.96. The molecule has 0 saturated heterocycles. The average Bonchev–Trinajstić information content (AvgIpc) is 3.15. The fourth-order valence-electron chi connectivity index (χ4n) is 4.02. The third kappa shape index (κ3) is 5.12. The molecular formula is C23H33N3O4. The predicted molar refractivity (Wildman–Crippen MR) is 114 cm³/mol. The third-order valence-corrected chi connectivity index (χ3v) is 5.94. The van der Waals surface area contributed by atoms with Crippen molar-refractivity contribution >= 4 is 5.91 Å². The number of aromatic nitrogens is 1. The van der Waals surface area contributed by atoms with Gasteiger partial charge < -0.3 is 24.7 Å². The Morgan fingerprint density at radius 2 is 2.10 bits per heavy atom. The molecule has 1 aromatic rings. The number of hydrogen-bond acceptors (Lipinski definition) is 6. The lowest BCUT2D eigenvalue weighted by atomic mass is 9.99. The van der Waals surface area contributed by atoms with E-state index < -0.39 is 5.60 Å². The number of aliphatic hydroxyl groups excluding tert-OH is 1. The van der Waals surface area contributed by atoms with Crippen LogP contribution < -0.4 is 4.74 Å². The summed E-state index contributed by atoms with van der Waals surface area (Å²) >= 11 is 0. The van der Waals surface area contributed by atoms with Gasteiger partial charge in [-0.25, -0.2) is 4.98 Å². The molecule has 1 saturated carbocycles. The Morgan fingerprint density at radius 1 is 1.40 bits per heavy atom. The molecule has 3 atom stereocenters. The number of hydrogen-bond donors (Lipinski definition) is 2. The van der Waals surface area contributed by atoms with Crippen molar-refractivity contribution in [2.45, 2.75) is 57.3 Å². The van der Waals surface area contributed by atoms with Gasteiger partial charge >= 0.3 is 0 Å². The standard InChI is InChI=1S/C23H33N3O4/c1-16-13-26(17(2)15-27)22(28)19-11-18(7-10-23(29)8-5-6-9-23)12-24-21(19)30-20(16)14-25(3)4/h11-12,16-17,20,27,29H,5-6,8-9,13-15H2,1-4H3/t16-,17-,20-/m0/s1. The first-order chi connectivity index (χ1) is 14.2. The van der Waals surface area contributed by atoms with Crippen LogP contribution in [0.4, 0.5) is 0 Å². The zero-order valence-electron chi connectivity index (χ0n) is 18.4. The lowest BCUT2D eigenvalue weighted by molar-refractivity contribution is 0.0348. The molecule has 7 heteroatoms. The van der Waals surface area contributed by atoms with Crippen molar-refractivity contribution in [3.05, 3.63) is 23.4 Å². The summed E-state index contributed by atoms with van der Waals surface area (Å²) in [6.45, 7) is 4.93. The number of fused-ring (bicyclic) bond motifs is 1. The van der Waals surface area contributed by atoms with E-state index in [1.165, 1.54) is 0 Å². The van der Waals surface area contributed by atoms with Crippen LogP contribution in [0.25, 0.3) is 0 Å². The summed E-state index contributed by atoms with van der Waals surface area (Å²) in [5.41, 5.74) is -0.0364. The number of likely N-dealkylation sites (N-methyl/N-ethyl adjacent to an activating group) is 1. The molecule has 1 aliphatic carbocycles. The Bertz CT molecular complexity index is 823. The number of ether oxygens (including phenoxy) is 1. The summed E-state index contributed by atoms with van der Waals surface area (Å²) < 4.78 is 6.18. The van der Waals surface area contributed by atoms with E-state index in [0.29, 0.717) is 42.9 Å². The smallest absolute Gasteiger partial charge is 0.259 e. The SMILES string of the molecule is C[C@H]1CN([C@@H](C)CO)C(=O)c2cc(C#CC3(O)CCCC3)cnc2O[C@H]1CN(C)C. The van der Waals surface area contributed by atoms with Crippen LogP contribution in [-0.4, -0.2) is 82.4 Å². The zero-order valence-corrected chi connectivity index (χ0v) is 18.4. The van der Waals surface area contributed by atoms with Gasteiger partial charge in [-0.3, -0.25) is 4.79 Å². The monoisotopic (exact) mass is 415 g/mol. The van der Waals surface area contributed by atoms with Crippen molar-refractivity contribution in [3.8, 4) is 17.7 Å². The van der Waals surface area contributed by atoms with E-state index in [2.05, 4.69) is 16.8 Å². The summed E-state index contributed by atoms with van der Waals surface area (Å²) in [6, 6.07) is 1.37. The molecule has 0 unspecified atom stereocenters. The minimum absolute atomic E-state index is 0.0661. The molecule has 1 aromatic heterocycles. The van der Waals surface area contributed by atoms with E-state index in [1.54, 1.807) is 17.2 Å². The maximum Gasteiger partial charge on any atom is 0.259 e. The maximum atomic E-state index is 13.3. The number of carbonyl (C=O) groups excluding carboxylic acids is 1. The normalized spacial score (nSPS) is 24.4. The number of rotatable bonds is 4. The molecule has 30 heavy (non-hydrogen) atoms. The third-order valence-electron chi connectivity index (χ3n) is 5.94. The largest absolute Gasteiger partial charge is 0.472 e. The zero-order chi connectivity index (χ0) is 21.9. The topological polar surface area (TPSA) is 86.1 Å². The van der Waals surface area contributed by atoms with E-state index in [0.717, 1.165) is 12.8 Å². The summed E-state index contributed by atoms with van der Waals surface area (Å²) in [5, 5.41) is 20.2. The van der Waals surface area contributed by atoms with Crippen molar-refractivity contribution in [3.63, 3.8) is 0 Å². The number of pyridine rings is 1. The molecule has 1 fully saturated rings. The van der Waals surface area contributed by atoms with Crippen molar-refractivity contribution in [2.24, 2.45) is 5.92 Å². The van der Waals surface area contributed by atoms with Gasteiger partial charge in [-0.05, 0) is 52.8 Å². The van der Waals surface area contributed by atoms with E-state index in [9.17, 15) is 15.0 Å². The van der Waals surface area contributed by atoms with Gasteiger partial charge in [-0.1, -0.05) is 18.8 Å². The van der Waals surface area contributed by atoms with Crippen molar-refractivity contribution in [1.82, 2.24) is 14.8 Å². The minimum atomic E-state index is -0.950. The summed E-state index contributed by atoms with van der Waals surface area (Å²) in [4.78, 5) is 21.5. The van der Waals surface area contributed by atoms with E-state index >= 15 is 0 Å². The van der Waals surface area contributed by atoms with Crippen LogP contribution in [-0.2, 0) is 0 Å². The maximum absolute atomic E-state index is 13.3. The number of carbonyl (C=O) groups is 1. The molecular weight excluding hydrogens is 382 g/mol. The van der Waals surface area contributed by atoms with Crippen LogP contribution in [0.3, 0.4) is 0 Å². The van der Waals surface area contributed by atoms with Crippen molar-refractivity contribution in [1.29, 1.82) is 0 Å². The molecule has 0 radical (unpaired) electrons. The van der Waals surface area contributed by atoms with Crippen LogP contribution in [0.5, 0.6) is 5.88 Å². The fourth-order valence-corrected chi connectivity index (χ4v) is 4.02.